The first-order valence-electron chi connectivity index (χ1n) is 7.83. The molecular formula is C16H26N4O4S. The zero-order chi connectivity index (χ0) is 19.4. The molecule has 5 N–H and O–H groups in total. The number of rotatable bonds is 6. The van der Waals surface area contributed by atoms with Crippen molar-refractivity contribution < 1.29 is 18.0 Å². The molecule has 1 atom stereocenters. The third-order valence-corrected chi connectivity index (χ3v) is 4.85. The van der Waals surface area contributed by atoms with Gasteiger partial charge in [-0.15, -0.1) is 0 Å². The van der Waals surface area contributed by atoms with Crippen molar-refractivity contribution in [1.29, 1.82) is 0 Å². The molecule has 0 bridgehead atoms. The molecule has 140 valence electrons. The van der Waals surface area contributed by atoms with Crippen LogP contribution in [0.5, 0.6) is 0 Å². The van der Waals surface area contributed by atoms with Crippen LogP contribution in [-0.4, -0.2) is 31.9 Å². The summed E-state index contributed by atoms with van der Waals surface area (Å²) in [6, 6.07) is 4.25. The number of anilines is 1. The second-order valence-electron chi connectivity index (χ2n) is 7.10. The van der Waals surface area contributed by atoms with Crippen LogP contribution in [0.2, 0.25) is 0 Å². The predicted molar refractivity (Wildman–Crippen MR) is 96.5 cm³/mol. The molecule has 8 nitrogen and oxygen atoms in total. The van der Waals surface area contributed by atoms with Gasteiger partial charge in [0, 0.05) is 11.2 Å². The normalized spacial score (nSPS) is 13.4. The van der Waals surface area contributed by atoms with Crippen LogP contribution in [0.15, 0.2) is 29.2 Å². The van der Waals surface area contributed by atoms with Crippen molar-refractivity contribution in [2.45, 2.75) is 51.1 Å². The molecule has 0 saturated carbocycles. The number of nitrogens with one attached hydrogen (secondary N) is 3. The summed E-state index contributed by atoms with van der Waals surface area (Å²) in [7, 11) is -3.72. The lowest BCUT2D eigenvalue weighted by Gasteiger charge is -2.22. The van der Waals surface area contributed by atoms with Crippen LogP contribution in [0.1, 0.15) is 34.6 Å². The summed E-state index contributed by atoms with van der Waals surface area (Å²) in [6.07, 6.45) is 0. The van der Waals surface area contributed by atoms with E-state index in [0.717, 1.165) is 0 Å². The topological polar surface area (TPSA) is 130 Å². The van der Waals surface area contributed by atoms with Gasteiger partial charge in [0.25, 0.3) is 0 Å². The van der Waals surface area contributed by atoms with Crippen LogP contribution in [0, 0.1) is 5.92 Å². The molecule has 0 unspecified atom stereocenters. The monoisotopic (exact) mass is 370 g/mol. The van der Waals surface area contributed by atoms with Gasteiger partial charge >= 0.3 is 6.03 Å². The summed E-state index contributed by atoms with van der Waals surface area (Å²) >= 11 is 0. The number of hydrogen-bond acceptors (Lipinski definition) is 4. The molecule has 3 amide bonds. The number of nitrogens with two attached hydrogens (primary N) is 1. The number of primary amides is 1. The first kappa shape index (κ1) is 20.9. The number of urea groups is 1. The molecule has 0 aromatic heterocycles. The van der Waals surface area contributed by atoms with E-state index in [2.05, 4.69) is 15.4 Å². The molecule has 1 rings (SSSR count). The number of benzene rings is 1. The van der Waals surface area contributed by atoms with Crippen LogP contribution >= 0.6 is 0 Å². The van der Waals surface area contributed by atoms with E-state index >= 15 is 0 Å². The van der Waals surface area contributed by atoms with Gasteiger partial charge in [0.2, 0.25) is 15.9 Å². The second-order valence-corrected chi connectivity index (χ2v) is 8.79. The highest BCUT2D eigenvalue weighted by atomic mass is 32.2. The van der Waals surface area contributed by atoms with Gasteiger partial charge in [0.05, 0.1) is 4.90 Å². The minimum absolute atomic E-state index is 0.0317. The minimum Gasteiger partial charge on any atom is -0.352 e. The van der Waals surface area contributed by atoms with Gasteiger partial charge in [0.1, 0.15) is 6.04 Å². The lowest BCUT2D eigenvalue weighted by atomic mass is 10.0. The average molecular weight is 370 g/mol. The van der Waals surface area contributed by atoms with Gasteiger partial charge < -0.3 is 16.4 Å². The molecule has 0 fully saturated rings. The Morgan fingerprint density at radius 3 is 2.24 bits per heavy atom. The summed E-state index contributed by atoms with van der Waals surface area (Å²) in [6.45, 7) is 8.72. The maximum absolute atomic E-state index is 12.4. The molecule has 0 aliphatic rings. The lowest BCUT2D eigenvalue weighted by Crippen LogP contribution is -2.49. The Morgan fingerprint density at radius 1 is 1.16 bits per heavy atom. The maximum Gasteiger partial charge on any atom is 0.312 e. The minimum atomic E-state index is -3.72. The van der Waals surface area contributed by atoms with Gasteiger partial charge in [-0.2, -0.15) is 0 Å². The standard InChI is InChI=1S/C16H26N4O4S/c1-10(2)13(19-15(17)22)14(21)18-11-7-6-8-12(9-11)25(23,24)20-16(3,4)5/h6-10,13,20H,1-5H3,(H,18,21)(H3,17,19,22)/t13-/m0/s1. The fourth-order valence-electron chi connectivity index (χ4n) is 2.11. The Morgan fingerprint density at radius 2 is 1.76 bits per heavy atom. The van der Waals surface area contributed by atoms with E-state index in [1.807, 2.05) is 0 Å². The number of carbonyl (C=O) groups excluding carboxylic acids is 2. The lowest BCUT2D eigenvalue weighted by molar-refractivity contribution is -0.118. The van der Waals surface area contributed by atoms with Crippen molar-refractivity contribution >= 4 is 27.6 Å². The van der Waals surface area contributed by atoms with Crippen molar-refractivity contribution in [3.8, 4) is 0 Å². The van der Waals surface area contributed by atoms with Gasteiger partial charge in [-0.3, -0.25) is 4.79 Å². The maximum atomic E-state index is 12.4. The molecular weight excluding hydrogens is 344 g/mol. The molecule has 0 heterocycles. The number of hydrogen-bond donors (Lipinski definition) is 4. The Bertz CT molecular complexity index is 739. The fraction of sp³-hybridized carbons (Fsp3) is 0.500. The smallest absolute Gasteiger partial charge is 0.312 e. The Hall–Kier alpha value is -2.13. The van der Waals surface area contributed by atoms with Crippen LogP contribution < -0.4 is 21.1 Å². The van der Waals surface area contributed by atoms with E-state index in [-0.39, 0.29) is 10.8 Å². The molecule has 0 spiro atoms. The molecule has 0 radical (unpaired) electrons. The third kappa shape index (κ3) is 6.71. The summed E-state index contributed by atoms with van der Waals surface area (Å²) in [5.74, 6) is -0.672. The van der Waals surface area contributed by atoms with Crippen molar-refractivity contribution in [3.63, 3.8) is 0 Å². The second kappa shape index (κ2) is 7.83. The molecule has 1 aromatic carbocycles. The molecule has 9 heteroatoms. The largest absolute Gasteiger partial charge is 0.352 e. The van der Waals surface area contributed by atoms with Gasteiger partial charge in [-0.1, -0.05) is 19.9 Å². The Kier molecular flexibility index (Phi) is 6.55. The quantitative estimate of drug-likeness (QED) is 0.603. The highest BCUT2D eigenvalue weighted by Crippen LogP contribution is 2.18. The first-order valence-corrected chi connectivity index (χ1v) is 9.31. The number of carbonyl (C=O) groups is 2. The molecule has 1 aromatic rings. The fourth-order valence-corrected chi connectivity index (χ4v) is 3.58. The summed E-state index contributed by atoms with van der Waals surface area (Å²) in [5.41, 5.74) is 4.76. The highest BCUT2D eigenvalue weighted by Gasteiger charge is 2.25. The van der Waals surface area contributed by atoms with Crippen LogP contribution in [-0.2, 0) is 14.8 Å². The van der Waals surface area contributed by atoms with Crippen molar-refractivity contribution in [2.24, 2.45) is 11.7 Å². The van der Waals surface area contributed by atoms with E-state index in [9.17, 15) is 18.0 Å². The molecule has 0 aliphatic carbocycles. The summed E-state index contributed by atoms with van der Waals surface area (Å²) in [5, 5.41) is 4.97. The van der Waals surface area contributed by atoms with Gasteiger partial charge in [-0.25, -0.2) is 17.9 Å². The van der Waals surface area contributed by atoms with E-state index in [1.54, 1.807) is 40.7 Å². The molecule has 0 aliphatic heterocycles. The first-order chi connectivity index (χ1) is 11.3. The van der Waals surface area contributed by atoms with Gasteiger partial charge in [0.15, 0.2) is 0 Å². The SMILES string of the molecule is CC(C)[C@H](NC(N)=O)C(=O)Nc1cccc(S(=O)(=O)NC(C)(C)C)c1. The van der Waals surface area contributed by atoms with E-state index < -0.39 is 33.5 Å². The summed E-state index contributed by atoms with van der Waals surface area (Å²) < 4.78 is 27.3. The van der Waals surface area contributed by atoms with E-state index in [0.29, 0.717) is 5.69 Å². The van der Waals surface area contributed by atoms with Crippen molar-refractivity contribution in [2.75, 3.05) is 5.32 Å². The van der Waals surface area contributed by atoms with Crippen molar-refractivity contribution in [1.82, 2.24) is 10.0 Å². The average Bonchev–Trinajstić information content (AvgIpc) is 2.42. The zero-order valence-electron chi connectivity index (χ0n) is 15.1. The Labute approximate surface area is 148 Å². The van der Waals surface area contributed by atoms with Gasteiger partial charge in [-0.05, 0) is 44.9 Å². The van der Waals surface area contributed by atoms with Crippen LogP contribution in [0.4, 0.5) is 10.5 Å². The molecule has 25 heavy (non-hydrogen) atoms. The Balaban J connectivity index is 3.02. The highest BCUT2D eigenvalue weighted by molar-refractivity contribution is 7.89. The molecule has 0 saturated heterocycles. The third-order valence-electron chi connectivity index (χ3n) is 3.10. The van der Waals surface area contributed by atoms with Crippen LogP contribution in [0.3, 0.4) is 0 Å². The van der Waals surface area contributed by atoms with Crippen LogP contribution in [0.25, 0.3) is 0 Å². The predicted octanol–water partition coefficient (Wildman–Crippen LogP) is 1.39. The van der Waals surface area contributed by atoms with E-state index in [1.165, 1.54) is 18.2 Å². The van der Waals surface area contributed by atoms with Crippen molar-refractivity contribution in [3.05, 3.63) is 24.3 Å². The number of sulfonamides is 1. The number of amides is 3. The summed E-state index contributed by atoms with van der Waals surface area (Å²) in [4.78, 5) is 23.4. The van der Waals surface area contributed by atoms with E-state index in [4.69, 9.17) is 5.73 Å². The zero-order valence-corrected chi connectivity index (χ0v) is 15.9.